The lowest BCUT2D eigenvalue weighted by molar-refractivity contribution is -0.144. The van der Waals surface area contributed by atoms with Crippen molar-refractivity contribution in [3.63, 3.8) is 0 Å². The van der Waals surface area contributed by atoms with Crippen LogP contribution in [0.4, 0.5) is 5.69 Å². The fourth-order valence-electron chi connectivity index (χ4n) is 6.90. The number of rotatable bonds is 9. The van der Waals surface area contributed by atoms with Gasteiger partial charge in [-0.05, 0) is 44.4 Å². The van der Waals surface area contributed by atoms with Gasteiger partial charge < -0.3 is 20.3 Å². The molecule has 2 saturated heterocycles. The minimum absolute atomic E-state index is 0.107. The molecule has 0 unspecified atom stereocenters. The molecule has 0 radical (unpaired) electrons. The van der Waals surface area contributed by atoms with Gasteiger partial charge in [0.15, 0.2) is 0 Å². The molecule has 4 aliphatic rings. The van der Waals surface area contributed by atoms with Gasteiger partial charge in [-0.2, -0.15) is 0 Å². The van der Waals surface area contributed by atoms with Crippen molar-refractivity contribution in [1.82, 2.24) is 10.2 Å². The van der Waals surface area contributed by atoms with E-state index in [1.54, 1.807) is 23.1 Å². The number of hydrogen-bond acceptors (Lipinski definition) is 4. The van der Waals surface area contributed by atoms with E-state index in [1.807, 2.05) is 19.1 Å². The molecule has 3 aliphatic heterocycles. The van der Waals surface area contributed by atoms with Crippen LogP contribution in [-0.4, -0.2) is 52.5 Å². The van der Waals surface area contributed by atoms with Crippen LogP contribution < -0.4 is 10.6 Å². The number of amides is 3. The molecule has 5 rings (SSSR count). The number of likely N-dealkylation sites (tertiary alicyclic amines) is 1. The molecular weight excluding hydrogens is 525 g/mol. The number of halogens is 2. The molecule has 1 aliphatic carbocycles. The Bertz CT molecular complexity index is 1140. The van der Waals surface area contributed by atoms with Crippen LogP contribution in [0.25, 0.3) is 0 Å². The number of hydrogen-bond donors (Lipinski definition) is 2. The summed E-state index contributed by atoms with van der Waals surface area (Å²) in [5.41, 5.74) is -1.69. The molecular formula is C29H37Cl2N3O4. The van der Waals surface area contributed by atoms with Crippen LogP contribution in [0.2, 0.25) is 10.0 Å². The molecule has 1 spiro atoms. The molecule has 38 heavy (non-hydrogen) atoms. The zero-order chi connectivity index (χ0) is 27.1. The molecule has 1 aromatic carbocycles. The van der Waals surface area contributed by atoms with Crippen LogP contribution in [-0.2, 0) is 19.1 Å². The van der Waals surface area contributed by atoms with Crippen molar-refractivity contribution in [1.29, 1.82) is 0 Å². The van der Waals surface area contributed by atoms with Gasteiger partial charge in [0.2, 0.25) is 17.7 Å². The summed E-state index contributed by atoms with van der Waals surface area (Å²) in [4.78, 5) is 43.3. The van der Waals surface area contributed by atoms with Crippen molar-refractivity contribution in [3.8, 4) is 0 Å². The Morgan fingerprint density at radius 1 is 1.05 bits per heavy atom. The Morgan fingerprint density at radius 3 is 2.53 bits per heavy atom. The van der Waals surface area contributed by atoms with E-state index in [-0.39, 0.29) is 23.8 Å². The van der Waals surface area contributed by atoms with Gasteiger partial charge >= 0.3 is 0 Å². The summed E-state index contributed by atoms with van der Waals surface area (Å²) in [7, 11) is 0. The molecule has 1 saturated carbocycles. The molecule has 1 aromatic rings. The van der Waals surface area contributed by atoms with Crippen LogP contribution in [0.3, 0.4) is 0 Å². The van der Waals surface area contributed by atoms with Gasteiger partial charge in [-0.25, -0.2) is 0 Å². The molecule has 3 amide bonds. The van der Waals surface area contributed by atoms with E-state index in [9.17, 15) is 14.4 Å². The Kier molecular flexibility index (Phi) is 7.82. The Balaban J connectivity index is 1.44. The third-order valence-electron chi connectivity index (χ3n) is 8.72. The number of benzene rings is 1. The van der Waals surface area contributed by atoms with Crippen molar-refractivity contribution >= 4 is 46.6 Å². The number of carbonyl (C=O) groups excluding carboxylic acids is 3. The highest BCUT2D eigenvalue weighted by Gasteiger charge is 2.76. The van der Waals surface area contributed by atoms with Gasteiger partial charge in [-0.1, -0.05) is 80.8 Å². The van der Waals surface area contributed by atoms with Gasteiger partial charge in [0.25, 0.3) is 0 Å². The zero-order valence-electron chi connectivity index (χ0n) is 22.1. The van der Waals surface area contributed by atoms with Gasteiger partial charge in [-0.15, -0.1) is 0 Å². The summed E-state index contributed by atoms with van der Waals surface area (Å²) in [6.07, 6.45) is 12.9. The Labute approximate surface area is 234 Å². The molecule has 3 heterocycles. The Morgan fingerprint density at radius 2 is 1.82 bits per heavy atom. The fraction of sp³-hybridized carbons (Fsp3) is 0.621. The van der Waals surface area contributed by atoms with Crippen LogP contribution in [0.5, 0.6) is 0 Å². The van der Waals surface area contributed by atoms with E-state index < -0.39 is 29.1 Å². The monoisotopic (exact) mass is 561 g/mol. The minimum atomic E-state index is -1.17. The van der Waals surface area contributed by atoms with E-state index in [0.717, 1.165) is 51.4 Å². The minimum Gasteiger partial charge on any atom is -0.356 e. The summed E-state index contributed by atoms with van der Waals surface area (Å²) in [6.45, 7) is 4.43. The van der Waals surface area contributed by atoms with Crippen molar-refractivity contribution in [2.75, 3.05) is 11.9 Å². The molecule has 9 heteroatoms. The van der Waals surface area contributed by atoms with Crippen LogP contribution in [0.15, 0.2) is 30.4 Å². The summed E-state index contributed by atoms with van der Waals surface area (Å²) in [5.74, 6) is -2.28. The highest BCUT2D eigenvalue weighted by molar-refractivity contribution is 6.42. The predicted octanol–water partition coefficient (Wildman–Crippen LogP) is 5.50. The van der Waals surface area contributed by atoms with E-state index >= 15 is 0 Å². The molecule has 3 fully saturated rings. The second-order valence-corrected chi connectivity index (χ2v) is 12.2. The number of nitrogens with zero attached hydrogens (tertiary/aromatic N) is 1. The largest absolute Gasteiger partial charge is 0.356 e. The second kappa shape index (κ2) is 10.8. The predicted molar refractivity (Wildman–Crippen MR) is 148 cm³/mol. The second-order valence-electron chi connectivity index (χ2n) is 11.4. The molecule has 0 aromatic heterocycles. The average Bonchev–Trinajstić information content (AvgIpc) is 3.45. The molecule has 2 bridgehead atoms. The van der Waals surface area contributed by atoms with Crippen molar-refractivity contribution in [2.24, 2.45) is 11.8 Å². The lowest BCUT2D eigenvalue weighted by Gasteiger charge is -2.34. The SMILES string of the molecule is CCCCCCN1C(=O)[C@H]2[C@@H](C(=O)Nc3ccc(Cl)c(Cl)c3)[C@@]3(C)C=C[C@@]2(O3)[C@@H]1C(=O)NC1CCCCC1. The maximum atomic E-state index is 14.1. The maximum absolute atomic E-state index is 14.1. The summed E-state index contributed by atoms with van der Waals surface area (Å²) < 4.78 is 6.59. The first kappa shape index (κ1) is 27.5. The lowest BCUT2D eigenvalue weighted by atomic mass is 9.70. The first-order chi connectivity index (χ1) is 18.2. The summed E-state index contributed by atoms with van der Waals surface area (Å²) in [6, 6.07) is 4.18. The van der Waals surface area contributed by atoms with Crippen molar-refractivity contribution in [3.05, 3.63) is 40.4 Å². The highest BCUT2D eigenvalue weighted by Crippen LogP contribution is 2.59. The summed E-state index contributed by atoms with van der Waals surface area (Å²) >= 11 is 12.2. The number of carbonyl (C=O) groups is 3. The van der Waals surface area contributed by atoms with Crippen LogP contribution in [0.1, 0.15) is 71.6 Å². The van der Waals surface area contributed by atoms with Gasteiger partial charge in [0.05, 0.1) is 27.5 Å². The first-order valence-corrected chi connectivity index (χ1v) is 14.7. The standard InChI is InChI=1S/C29H37Cl2N3O4/c1-3-4-5-9-16-34-24(26(36)32-18-10-7-6-8-11-18)29-15-14-28(2,38-29)22(23(29)27(34)37)25(35)33-19-12-13-20(30)21(31)17-19/h12-15,17-18,22-24H,3-11,16H2,1-2H3,(H,32,36)(H,33,35)/t22-,23+,24-,28+,29-/m0/s1. The third-order valence-corrected chi connectivity index (χ3v) is 9.46. The molecule has 5 atom stereocenters. The smallest absolute Gasteiger partial charge is 0.246 e. The lowest BCUT2D eigenvalue weighted by Crippen LogP contribution is -2.56. The number of ether oxygens (including phenoxy) is 1. The molecule has 206 valence electrons. The van der Waals surface area contributed by atoms with Crippen molar-refractivity contribution in [2.45, 2.75) is 94.9 Å². The number of unbranched alkanes of at least 4 members (excludes halogenated alkanes) is 3. The molecule has 7 nitrogen and oxygen atoms in total. The van der Waals surface area contributed by atoms with E-state index in [0.29, 0.717) is 22.3 Å². The first-order valence-electron chi connectivity index (χ1n) is 14.0. The van der Waals surface area contributed by atoms with E-state index in [1.165, 1.54) is 6.42 Å². The molecule has 2 N–H and O–H groups in total. The quantitative estimate of drug-likeness (QED) is 0.307. The zero-order valence-corrected chi connectivity index (χ0v) is 23.6. The van der Waals surface area contributed by atoms with Gasteiger partial charge in [0, 0.05) is 18.3 Å². The summed E-state index contributed by atoms with van der Waals surface area (Å²) in [5, 5.41) is 6.86. The number of anilines is 1. The highest BCUT2D eigenvalue weighted by atomic mass is 35.5. The fourth-order valence-corrected chi connectivity index (χ4v) is 7.20. The normalized spacial score (nSPS) is 32.1. The number of nitrogens with one attached hydrogen (secondary N) is 2. The topological polar surface area (TPSA) is 87.7 Å². The third kappa shape index (κ3) is 4.75. The van der Waals surface area contributed by atoms with Gasteiger partial charge in [0.1, 0.15) is 11.6 Å². The van der Waals surface area contributed by atoms with Crippen molar-refractivity contribution < 1.29 is 19.1 Å². The number of fused-ring (bicyclic) bond motifs is 1. The van der Waals surface area contributed by atoms with E-state index in [4.69, 9.17) is 27.9 Å². The van der Waals surface area contributed by atoms with E-state index in [2.05, 4.69) is 17.6 Å². The Hall–Kier alpha value is -2.09. The maximum Gasteiger partial charge on any atom is 0.246 e. The average molecular weight is 563 g/mol. The van der Waals surface area contributed by atoms with Crippen LogP contribution >= 0.6 is 23.2 Å². The van der Waals surface area contributed by atoms with Gasteiger partial charge in [-0.3, -0.25) is 14.4 Å². The van der Waals surface area contributed by atoms with Crippen LogP contribution in [0, 0.1) is 11.8 Å².